The standard InChI is InChI=1S/C11H20N2O3/c1-9(4-5-11(15)16)12-8-10(14)13-6-2-3-7-13/h9,12H,2-8H2,1H3,(H,15,16). The molecule has 1 atom stereocenters. The van der Waals surface area contributed by atoms with Crippen LogP contribution in [0.3, 0.4) is 0 Å². The van der Waals surface area contributed by atoms with Crippen LogP contribution in [0.1, 0.15) is 32.6 Å². The molecule has 0 bridgehead atoms. The predicted octanol–water partition coefficient (Wildman–Crippen LogP) is 0.452. The molecule has 2 N–H and O–H groups in total. The molecule has 92 valence electrons. The molecule has 0 spiro atoms. The number of carbonyl (C=O) groups is 2. The summed E-state index contributed by atoms with van der Waals surface area (Å²) in [6, 6.07) is 0.0719. The van der Waals surface area contributed by atoms with E-state index in [4.69, 9.17) is 5.11 Å². The molecule has 1 unspecified atom stereocenters. The van der Waals surface area contributed by atoms with Gasteiger partial charge in [-0.2, -0.15) is 0 Å². The van der Waals surface area contributed by atoms with Gasteiger partial charge < -0.3 is 15.3 Å². The van der Waals surface area contributed by atoms with Crippen molar-refractivity contribution in [3.63, 3.8) is 0 Å². The van der Waals surface area contributed by atoms with Gasteiger partial charge in [0.15, 0.2) is 0 Å². The van der Waals surface area contributed by atoms with Crippen molar-refractivity contribution in [2.24, 2.45) is 0 Å². The monoisotopic (exact) mass is 228 g/mol. The molecule has 1 amide bonds. The fourth-order valence-corrected chi connectivity index (χ4v) is 1.78. The average molecular weight is 228 g/mol. The summed E-state index contributed by atoms with van der Waals surface area (Å²) in [4.78, 5) is 23.8. The van der Waals surface area contributed by atoms with Crippen LogP contribution in [0.5, 0.6) is 0 Å². The molecule has 5 heteroatoms. The Bertz CT molecular complexity index is 250. The minimum Gasteiger partial charge on any atom is -0.481 e. The zero-order valence-electron chi connectivity index (χ0n) is 9.74. The quantitative estimate of drug-likeness (QED) is 0.692. The summed E-state index contributed by atoms with van der Waals surface area (Å²) in [5, 5.41) is 11.6. The number of carbonyl (C=O) groups excluding carboxylic acids is 1. The third-order valence-corrected chi connectivity index (χ3v) is 2.85. The zero-order chi connectivity index (χ0) is 12.0. The van der Waals surface area contributed by atoms with Crippen molar-refractivity contribution >= 4 is 11.9 Å². The van der Waals surface area contributed by atoms with Gasteiger partial charge in [-0.15, -0.1) is 0 Å². The lowest BCUT2D eigenvalue weighted by molar-refractivity contribution is -0.137. The second-order valence-corrected chi connectivity index (χ2v) is 4.30. The molecule has 5 nitrogen and oxygen atoms in total. The summed E-state index contributed by atoms with van der Waals surface area (Å²) in [7, 11) is 0. The van der Waals surface area contributed by atoms with Gasteiger partial charge in [-0.1, -0.05) is 0 Å². The summed E-state index contributed by atoms with van der Waals surface area (Å²) < 4.78 is 0. The molecular weight excluding hydrogens is 208 g/mol. The molecule has 16 heavy (non-hydrogen) atoms. The summed E-state index contributed by atoms with van der Waals surface area (Å²) in [6.45, 7) is 3.95. The molecule has 0 radical (unpaired) electrons. The van der Waals surface area contributed by atoms with E-state index in [1.165, 1.54) is 0 Å². The Morgan fingerprint density at radius 3 is 2.56 bits per heavy atom. The van der Waals surface area contributed by atoms with E-state index in [1.807, 2.05) is 11.8 Å². The number of nitrogens with one attached hydrogen (secondary N) is 1. The van der Waals surface area contributed by atoms with Gasteiger partial charge in [0.1, 0.15) is 0 Å². The lowest BCUT2D eigenvalue weighted by atomic mass is 10.2. The average Bonchev–Trinajstić information content (AvgIpc) is 2.76. The third kappa shape index (κ3) is 4.61. The largest absolute Gasteiger partial charge is 0.481 e. The van der Waals surface area contributed by atoms with Crippen LogP contribution in [-0.2, 0) is 9.59 Å². The molecule has 0 aromatic rings. The first-order valence-corrected chi connectivity index (χ1v) is 5.82. The number of hydrogen-bond acceptors (Lipinski definition) is 3. The maximum atomic E-state index is 11.6. The van der Waals surface area contributed by atoms with Gasteiger partial charge in [-0.05, 0) is 26.2 Å². The van der Waals surface area contributed by atoms with E-state index in [1.54, 1.807) is 0 Å². The molecule has 1 rings (SSSR count). The Labute approximate surface area is 95.8 Å². The number of nitrogens with zero attached hydrogens (tertiary/aromatic N) is 1. The molecule has 0 aromatic carbocycles. The highest BCUT2D eigenvalue weighted by molar-refractivity contribution is 5.78. The molecular formula is C11H20N2O3. The first kappa shape index (κ1) is 13.0. The van der Waals surface area contributed by atoms with Crippen molar-refractivity contribution in [2.75, 3.05) is 19.6 Å². The molecule has 1 heterocycles. The van der Waals surface area contributed by atoms with E-state index < -0.39 is 5.97 Å². The lowest BCUT2D eigenvalue weighted by Gasteiger charge is -2.18. The van der Waals surface area contributed by atoms with Crippen molar-refractivity contribution in [2.45, 2.75) is 38.6 Å². The Hall–Kier alpha value is -1.10. The van der Waals surface area contributed by atoms with Crippen LogP contribution in [0.25, 0.3) is 0 Å². The van der Waals surface area contributed by atoms with Crippen LogP contribution < -0.4 is 5.32 Å². The van der Waals surface area contributed by atoms with E-state index in [2.05, 4.69) is 5.32 Å². The second-order valence-electron chi connectivity index (χ2n) is 4.30. The highest BCUT2D eigenvalue weighted by atomic mass is 16.4. The van der Waals surface area contributed by atoms with Crippen molar-refractivity contribution in [3.05, 3.63) is 0 Å². The van der Waals surface area contributed by atoms with Crippen LogP contribution in [0.15, 0.2) is 0 Å². The van der Waals surface area contributed by atoms with Gasteiger partial charge in [0.25, 0.3) is 0 Å². The second kappa shape index (κ2) is 6.48. The van der Waals surface area contributed by atoms with Gasteiger partial charge in [0.2, 0.25) is 5.91 Å². The van der Waals surface area contributed by atoms with Crippen LogP contribution in [-0.4, -0.2) is 47.6 Å². The van der Waals surface area contributed by atoms with Gasteiger partial charge in [-0.25, -0.2) is 0 Å². The van der Waals surface area contributed by atoms with Gasteiger partial charge >= 0.3 is 5.97 Å². The maximum absolute atomic E-state index is 11.6. The van der Waals surface area contributed by atoms with E-state index in [-0.39, 0.29) is 18.4 Å². The van der Waals surface area contributed by atoms with Crippen molar-refractivity contribution in [1.29, 1.82) is 0 Å². The van der Waals surface area contributed by atoms with E-state index in [0.29, 0.717) is 13.0 Å². The Balaban J connectivity index is 2.12. The minimum absolute atomic E-state index is 0.0719. The lowest BCUT2D eigenvalue weighted by Crippen LogP contribution is -2.39. The SMILES string of the molecule is CC(CCC(=O)O)NCC(=O)N1CCCC1. The Kier molecular flexibility index (Phi) is 5.25. The summed E-state index contributed by atoms with van der Waals surface area (Å²) >= 11 is 0. The maximum Gasteiger partial charge on any atom is 0.303 e. The molecule has 1 aliphatic rings. The third-order valence-electron chi connectivity index (χ3n) is 2.85. The Morgan fingerprint density at radius 2 is 2.00 bits per heavy atom. The Morgan fingerprint density at radius 1 is 1.38 bits per heavy atom. The van der Waals surface area contributed by atoms with Gasteiger partial charge in [-0.3, -0.25) is 9.59 Å². The normalized spacial score (nSPS) is 17.4. The number of hydrogen-bond donors (Lipinski definition) is 2. The van der Waals surface area contributed by atoms with Crippen LogP contribution in [0.2, 0.25) is 0 Å². The number of amides is 1. The molecule has 1 fully saturated rings. The smallest absolute Gasteiger partial charge is 0.303 e. The topological polar surface area (TPSA) is 69.6 Å². The van der Waals surface area contributed by atoms with E-state index in [9.17, 15) is 9.59 Å². The number of rotatable bonds is 6. The summed E-state index contributed by atoms with van der Waals surface area (Å²) in [6.07, 6.45) is 2.90. The summed E-state index contributed by atoms with van der Waals surface area (Å²) in [5.74, 6) is -0.667. The molecule has 1 saturated heterocycles. The highest BCUT2D eigenvalue weighted by Gasteiger charge is 2.17. The van der Waals surface area contributed by atoms with Crippen molar-refractivity contribution in [3.8, 4) is 0 Å². The number of carboxylic acids is 1. The van der Waals surface area contributed by atoms with Crippen LogP contribution in [0.4, 0.5) is 0 Å². The number of carboxylic acid groups (broad SMARTS) is 1. The van der Waals surface area contributed by atoms with E-state index >= 15 is 0 Å². The van der Waals surface area contributed by atoms with E-state index in [0.717, 1.165) is 25.9 Å². The van der Waals surface area contributed by atoms with Crippen LogP contribution in [0, 0.1) is 0 Å². The molecule has 0 aromatic heterocycles. The number of likely N-dealkylation sites (tertiary alicyclic amines) is 1. The first-order valence-electron chi connectivity index (χ1n) is 5.82. The van der Waals surface area contributed by atoms with Crippen LogP contribution >= 0.6 is 0 Å². The molecule has 0 saturated carbocycles. The first-order chi connectivity index (χ1) is 7.59. The fourth-order valence-electron chi connectivity index (χ4n) is 1.78. The molecule has 0 aliphatic carbocycles. The van der Waals surface area contributed by atoms with Gasteiger partial charge in [0, 0.05) is 25.6 Å². The number of aliphatic carboxylic acids is 1. The van der Waals surface area contributed by atoms with Gasteiger partial charge in [0.05, 0.1) is 6.54 Å². The predicted molar refractivity (Wildman–Crippen MR) is 60.1 cm³/mol. The summed E-state index contributed by atoms with van der Waals surface area (Å²) in [5.41, 5.74) is 0. The molecule has 1 aliphatic heterocycles. The van der Waals surface area contributed by atoms with Crippen molar-refractivity contribution in [1.82, 2.24) is 10.2 Å². The fraction of sp³-hybridized carbons (Fsp3) is 0.818. The zero-order valence-corrected chi connectivity index (χ0v) is 9.74. The highest BCUT2D eigenvalue weighted by Crippen LogP contribution is 2.07. The minimum atomic E-state index is -0.792. The van der Waals surface area contributed by atoms with Crippen molar-refractivity contribution < 1.29 is 14.7 Å².